The van der Waals surface area contributed by atoms with E-state index < -0.39 is 0 Å². The van der Waals surface area contributed by atoms with E-state index >= 15 is 0 Å². The molecule has 0 unspecified atom stereocenters. The van der Waals surface area contributed by atoms with Crippen LogP contribution in [0.2, 0.25) is 5.02 Å². The third kappa shape index (κ3) is 2.21. The average molecular weight is 288 g/mol. The third-order valence-electron chi connectivity index (χ3n) is 2.69. The monoisotopic (exact) mass is 287 g/mol. The first-order valence-corrected chi connectivity index (χ1v) is 6.20. The number of halogens is 1. The molecule has 0 aliphatic carbocycles. The highest BCUT2D eigenvalue weighted by molar-refractivity contribution is 6.33. The van der Waals surface area contributed by atoms with E-state index in [1.807, 2.05) is 6.92 Å². The van der Waals surface area contributed by atoms with E-state index in [1.165, 1.54) is 0 Å². The van der Waals surface area contributed by atoms with Crippen molar-refractivity contribution in [2.75, 3.05) is 5.73 Å². The Balaban J connectivity index is 2.02. The summed E-state index contributed by atoms with van der Waals surface area (Å²) in [5.74, 6) is 0.981. The molecule has 1 aromatic carbocycles. The van der Waals surface area contributed by atoms with Crippen molar-refractivity contribution in [1.29, 1.82) is 0 Å². The highest BCUT2D eigenvalue weighted by atomic mass is 35.5. The molecule has 0 saturated carbocycles. The molecule has 6 nitrogen and oxygen atoms in total. The molecule has 2 aromatic heterocycles. The van der Waals surface area contributed by atoms with Gasteiger partial charge in [0, 0.05) is 12.4 Å². The summed E-state index contributed by atoms with van der Waals surface area (Å²) in [4.78, 5) is 12.5. The van der Waals surface area contributed by atoms with Crippen LogP contribution in [0.1, 0.15) is 5.56 Å². The molecule has 20 heavy (non-hydrogen) atoms. The van der Waals surface area contributed by atoms with Crippen LogP contribution in [0.15, 0.2) is 35.1 Å². The first-order chi connectivity index (χ1) is 9.65. The third-order valence-corrected chi connectivity index (χ3v) is 3.02. The molecule has 0 bridgehead atoms. The maximum atomic E-state index is 5.97. The van der Waals surface area contributed by atoms with Gasteiger partial charge in [-0.25, -0.2) is 9.97 Å². The van der Waals surface area contributed by atoms with Gasteiger partial charge < -0.3 is 10.3 Å². The molecule has 0 atom stereocenters. The van der Waals surface area contributed by atoms with Crippen LogP contribution >= 0.6 is 11.6 Å². The van der Waals surface area contributed by atoms with Gasteiger partial charge in [-0.2, -0.15) is 4.98 Å². The van der Waals surface area contributed by atoms with Gasteiger partial charge in [0.05, 0.1) is 16.3 Å². The summed E-state index contributed by atoms with van der Waals surface area (Å²) in [5, 5.41) is 4.29. The Kier molecular flexibility index (Phi) is 3.08. The minimum absolute atomic E-state index is 0.282. The topological polar surface area (TPSA) is 90.7 Å². The van der Waals surface area contributed by atoms with Crippen LogP contribution in [-0.4, -0.2) is 20.1 Å². The number of aromatic nitrogens is 4. The second-order valence-corrected chi connectivity index (χ2v) is 4.62. The summed E-state index contributed by atoms with van der Waals surface area (Å²) in [6, 6.07) is 5.22. The highest BCUT2D eigenvalue weighted by Crippen LogP contribution is 2.30. The number of nitrogens with zero attached hydrogens (tertiary/aromatic N) is 4. The Labute approximate surface area is 119 Å². The molecule has 0 saturated heterocycles. The SMILES string of the molecule is Cc1cnc(-c2noc(-c3cccc(Cl)c3N)n2)nc1. The Morgan fingerprint density at radius 3 is 2.65 bits per heavy atom. The van der Waals surface area contributed by atoms with Crippen LogP contribution in [-0.2, 0) is 0 Å². The molecule has 3 rings (SSSR count). The van der Waals surface area contributed by atoms with Gasteiger partial charge in [-0.1, -0.05) is 22.8 Å². The van der Waals surface area contributed by atoms with Gasteiger partial charge in [0.2, 0.25) is 11.6 Å². The van der Waals surface area contributed by atoms with E-state index in [0.717, 1.165) is 5.56 Å². The van der Waals surface area contributed by atoms with Crippen molar-refractivity contribution < 1.29 is 4.52 Å². The molecule has 100 valence electrons. The average Bonchev–Trinajstić information content (AvgIpc) is 2.92. The maximum absolute atomic E-state index is 5.97. The van der Waals surface area contributed by atoms with E-state index in [-0.39, 0.29) is 5.89 Å². The van der Waals surface area contributed by atoms with Gasteiger partial charge in [0.25, 0.3) is 5.89 Å². The number of nitrogens with two attached hydrogens (primary N) is 1. The van der Waals surface area contributed by atoms with E-state index in [1.54, 1.807) is 30.6 Å². The summed E-state index contributed by atoms with van der Waals surface area (Å²) in [7, 11) is 0. The first-order valence-electron chi connectivity index (χ1n) is 5.82. The number of benzene rings is 1. The van der Waals surface area contributed by atoms with Gasteiger partial charge in [-0.3, -0.25) is 0 Å². The van der Waals surface area contributed by atoms with Crippen molar-refractivity contribution in [1.82, 2.24) is 20.1 Å². The molecule has 3 aromatic rings. The molecule has 2 N–H and O–H groups in total. The zero-order chi connectivity index (χ0) is 14.1. The number of aryl methyl sites for hydroxylation is 1. The Hall–Kier alpha value is -2.47. The number of rotatable bonds is 2. The van der Waals surface area contributed by atoms with Gasteiger partial charge >= 0.3 is 0 Å². The van der Waals surface area contributed by atoms with Crippen molar-refractivity contribution in [3.05, 3.63) is 41.2 Å². The largest absolute Gasteiger partial charge is 0.397 e. The first kappa shape index (κ1) is 12.6. The number of nitrogen functional groups attached to an aromatic ring is 1. The van der Waals surface area contributed by atoms with Crippen LogP contribution in [0, 0.1) is 6.92 Å². The predicted molar refractivity (Wildman–Crippen MR) is 74.9 cm³/mol. The van der Waals surface area contributed by atoms with Crippen molar-refractivity contribution >= 4 is 17.3 Å². The fraction of sp³-hybridized carbons (Fsp3) is 0.0769. The van der Waals surface area contributed by atoms with Crippen LogP contribution in [0.4, 0.5) is 5.69 Å². The van der Waals surface area contributed by atoms with E-state index in [9.17, 15) is 0 Å². The lowest BCUT2D eigenvalue weighted by Gasteiger charge is -2.01. The maximum Gasteiger partial charge on any atom is 0.260 e. The van der Waals surface area contributed by atoms with E-state index in [0.29, 0.717) is 27.9 Å². The summed E-state index contributed by atoms with van der Waals surface area (Å²) in [6.07, 6.45) is 3.37. The molecule has 0 aliphatic rings. The number of hydrogen-bond acceptors (Lipinski definition) is 6. The molecule has 0 aliphatic heterocycles. The second-order valence-electron chi connectivity index (χ2n) is 4.21. The zero-order valence-corrected chi connectivity index (χ0v) is 11.3. The summed E-state index contributed by atoms with van der Waals surface area (Å²) in [6.45, 7) is 1.90. The minimum Gasteiger partial charge on any atom is -0.397 e. The fourth-order valence-corrected chi connectivity index (χ4v) is 1.83. The van der Waals surface area contributed by atoms with Crippen molar-refractivity contribution in [3.63, 3.8) is 0 Å². The number of hydrogen-bond donors (Lipinski definition) is 1. The molecule has 0 radical (unpaired) electrons. The molecular formula is C13H10ClN5O. The van der Waals surface area contributed by atoms with Crippen LogP contribution < -0.4 is 5.73 Å². The van der Waals surface area contributed by atoms with Gasteiger partial charge in [-0.15, -0.1) is 0 Å². The molecule has 0 amide bonds. The predicted octanol–water partition coefficient (Wildman–Crippen LogP) is 2.74. The molecular weight excluding hydrogens is 278 g/mol. The van der Waals surface area contributed by atoms with Crippen LogP contribution in [0.3, 0.4) is 0 Å². The fourth-order valence-electron chi connectivity index (χ4n) is 1.66. The standard InChI is InChI=1S/C13H10ClN5O/c1-7-5-16-11(17-6-7)12-18-13(20-19-12)8-3-2-4-9(14)10(8)15/h2-6H,15H2,1H3. The minimum atomic E-state index is 0.282. The Morgan fingerprint density at radius 2 is 1.90 bits per heavy atom. The van der Waals surface area contributed by atoms with E-state index in [2.05, 4.69) is 20.1 Å². The van der Waals surface area contributed by atoms with Crippen molar-refractivity contribution in [2.45, 2.75) is 6.92 Å². The highest BCUT2D eigenvalue weighted by Gasteiger charge is 2.15. The lowest BCUT2D eigenvalue weighted by molar-refractivity contribution is 0.432. The Bertz CT molecular complexity index is 754. The summed E-state index contributed by atoms with van der Waals surface area (Å²) in [5.41, 5.74) is 7.83. The smallest absolute Gasteiger partial charge is 0.260 e. The normalized spacial score (nSPS) is 10.7. The number of para-hydroxylation sites is 1. The summed E-state index contributed by atoms with van der Waals surface area (Å²) < 4.78 is 5.19. The lowest BCUT2D eigenvalue weighted by Crippen LogP contribution is -1.92. The quantitative estimate of drug-likeness (QED) is 0.729. The van der Waals surface area contributed by atoms with Gasteiger partial charge in [0.1, 0.15) is 0 Å². The van der Waals surface area contributed by atoms with Crippen molar-refractivity contribution in [3.8, 4) is 23.1 Å². The van der Waals surface area contributed by atoms with Gasteiger partial charge in [0.15, 0.2) is 0 Å². The molecule has 0 fully saturated rings. The molecule has 0 spiro atoms. The lowest BCUT2D eigenvalue weighted by atomic mass is 10.2. The second kappa shape index (κ2) is 4.90. The van der Waals surface area contributed by atoms with Crippen molar-refractivity contribution in [2.24, 2.45) is 0 Å². The summed E-state index contributed by atoms with van der Waals surface area (Å²) >= 11 is 5.97. The van der Waals surface area contributed by atoms with Crippen LogP contribution in [0.5, 0.6) is 0 Å². The van der Waals surface area contributed by atoms with E-state index in [4.69, 9.17) is 21.9 Å². The number of anilines is 1. The molecule has 2 heterocycles. The van der Waals surface area contributed by atoms with Crippen LogP contribution in [0.25, 0.3) is 23.1 Å². The zero-order valence-electron chi connectivity index (χ0n) is 10.5. The van der Waals surface area contributed by atoms with Gasteiger partial charge in [-0.05, 0) is 24.6 Å². The molecule has 7 heteroatoms. The Morgan fingerprint density at radius 1 is 1.15 bits per heavy atom.